The Bertz CT molecular complexity index is 125. The Morgan fingerprint density at radius 3 is 2.50 bits per heavy atom. The van der Waals surface area contributed by atoms with Gasteiger partial charge in [-0.25, -0.2) is 0 Å². The van der Waals surface area contributed by atoms with E-state index >= 15 is 0 Å². The number of hydrogen-bond donors (Lipinski definition) is 1. The van der Waals surface area contributed by atoms with Gasteiger partial charge in [0, 0.05) is 0 Å². The molecule has 1 N–H and O–H groups in total. The van der Waals surface area contributed by atoms with Crippen molar-refractivity contribution >= 4 is 23.9 Å². The van der Waals surface area contributed by atoms with Crippen molar-refractivity contribution in [2.45, 2.75) is 0 Å². The third kappa shape index (κ3) is 4.54. The van der Waals surface area contributed by atoms with Gasteiger partial charge >= 0.3 is 42.1 Å². The van der Waals surface area contributed by atoms with Crippen molar-refractivity contribution in [2.24, 2.45) is 0 Å². The summed E-state index contributed by atoms with van der Waals surface area (Å²) in [5.41, 5.74) is 0. The first-order valence-corrected chi connectivity index (χ1v) is 4.26. The van der Waals surface area contributed by atoms with Gasteiger partial charge in [-0.1, -0.05) is 0 Å². The normalized spacial score (nSPS) is 8.50. The van der Waals surface area contributed by atoms with E-state index in [0.717, 1.165) is 5.88 Å². The summed E-state index contributed by atoms with van der Waals surface area (Å²) in [4.78, 5) is 0. The Morgan fingerprint density at radius 1 is 2.00 bits per heavy atom. The quantitative estimate of drug-likeness (QED) is 0.376. The summed E-state index contributed by atoms with van der Waals surface area (Å²) in [6.45, 7) is 5.28. The Morgan fingerprint density at radius 2 is 2.50 bits per heavy atom. The first kappa shape index (κ1) is 6.54. The SMILES string of the molecule is B#S(=P)CNC. The minimum absolute atomic E-state index is 0.121. The molecular formula is C2H7BNPS. The third-order valence-electron chi connectivity index (χ3n) is 0.300. The molecule has 4 heteroatoms. The summed E-state index contributed by atoms with van der Waals surface area (Å²) in [6, 6.07) is 0. The van der Waals surface area contributed by atoms with E-state index < -0.39 is 0 Å². The predicted molar refractivity (Wildman–Crippen MR) is 35.4 cm³/mol. The summed E-state index contributed by atoms with van der Waals surface area (Å²) in [6.07, 6.45) is 0. The van der Waals surface area contributed by atoms with E-state index in [4.69, 9.17) is 6.53 Å². The predicted octanol–water partition coefficient (Wildman–Crippen LogP) is -0.0771. The van der Waals surface area contributed by atoms with Crippen molar-refractivity contribution < 1.29 is 0 Å². The van der Waals surface area contributed by atoms with Gasteiger partial charge in [0.05, 0.1) is 0 Å². The van der Waals surface area contributed by atoms with Crippen molar-refractivity contribution in [3.63, 3.8) is 0 Å². The molecule has 0 aliphatic rings. The van der Waals surface area contributed by atoms with E-state index in [-0.39, 0.29) is 9.31 Å². The van der Waals surface area contributed by atoms with Crippen LogP contribution in [-0.4, -0.2) is 19.5 Å². The molecule has 0 heterocycles. The molecule has 0 aliphatic carbocycles. The second kappa shape index (κ2) is 3.73. The summed E-state index contributed by atoms with van der Waals surface area (Å²) >= 11 is 0. The monoisotopic (exact) mass is 119 g/mol. The maximum absolute atomic E-state index is 5.28. The zero-order valence-corrected chi connectivity index (χ0v) is 5.51. The van der Waals surface area contributed by atoms with Gasteiger partial charge in [-0.15, -0.1) is 0 Å². The van der Waals surface area contributed by atoms with E-state index in [1.807, 2.05) is 7.05 Å². The van der Waals surface area contributed by atoms with Crippen LogP contribution in [0.3, 0.4) is 0 Å². The number of hydrogen-bond acceptors (Lipinski definition) is 1. The van der Waals surface area contributed by atoms with E-state index in [1.165, 1.54) is 0 Å². The van der Waals surface area contributed by atoms with Gasteiger partial charge < -0.3 is 0 Å². The molecule has 34 valence electrons. The molecule has 0 amide bonds. The molecule has 0 atom stereocenters. The second-order valence-corrected chi connectivity index (χ2v) is 3.65. The van der Waals surface area contributed by atoms with Crippen LogP contribution in [0, 0.1) is 0 Å². The van der Waals surface area contributed by atoms with Crippen LogP contribution in [0.4, 0.5) is 0 Å². The van der Waals surface area contributed by atoms with Crippen LogP contribution >= 0.6 is 8.02 Å². The van der Waals surface area contributed by atoms with Crippen LogP contribution < -0.4 is 5.32 Å². The van der Waals surface area contributed by atoms with Gasteiger partial charge in [0.25, 0.3) is 0 Å². The van der Waals surface area contributed by atoms with E-state index in [2.05, 4.69) is 13.3 Å². The van der Waals surface area contributed by atoms with Crippen molar-refractivity contribution in [1.29, 1.82) is 0 Å². The van der Waals surface area contributed by atoms with E-state index in [1.54, 1.807) is 0 Å². The minimum atomic E-state index is -0.121. The number of nitrogens with one attached hydrogen (secondary N) is 1. The Labute approximate surface area is 42.8 Å². The molecule has 6 heavy (non-hydrogen) atoms. The van der Waals surface area contributed by atoms with Crippen LogP contribution in [0.25, 0.3) is 0 Å². The average molecular weight is 119 g/mol. The van der Waals surface area contributed by atoms with Gasteiger partial charge in [-0.2, -0.15) is 0 Å². The summed E-state index contributed by atoms with van der Waals surface area (Å²) in [5.74, 6) is 0.844. The standard InChI is InChI=1S/C2H7BNPS/c1-4-2-6(3)5/h4-5H,2H2,1H3. The molecule has 0 saturated heterocycles. The Hall–Kier alpha value is 0.545. The van der Waals surface area contributed by atoms with Gasteiger partial charge in [-0.3, -0.25) is 0 Å². The fourth-order valence-corrected chi connectivity index (χ4v) is 0.900. The van der Waals surface area contributed by atoms with Crippen molar-refractivity contribution in [2.75, 3.05) is 12.9 Å². The van der Waals surface area contributed by atoms with Crippen LogP contribution in [0.1, 0.15) is 0 Å². The van der Waals surface area contributed by atoms with Crippen LogP contribution in [0.15, 0.2) is 0 Å². The van der Waals surface area contributed by atoms with Crippen LogP contribution in [-0.2, 0) is 9.31 Å². The van der Waals surface area contributed by atoms with Crippen LogP contribution in [0.2, 0.25) is 0 Å². The summed E-state index contributed by atoms with van der Waals surface area (Å²) in [7, 11) is 4.97. The zero-order chi connectivity index (χ0) is 4.99. The fourth-order valence-electron chi connectivity index (χ4n) is 0.156. The molecule has 0 aromatic heterocycles. The van der Waals surface area contributed by atoms with Crippen molar-refractivity contribution in [3.05, 3.63) is 0 Å². The van der Waals surface area contributed by atoms with Crippen molar-refractivity contribution in [3.8, 4) is 0 Å². The van der Waals surface area contributed by atoms with Gasteiger partial charge in [0.2, 0.25) is 0 Å². The molecule has 0 bridgehead atoms. The molecule has 0 aromatic carbocycles. The average Bonchev–Trinajstić information content (AvgIpc) is 1.35. The topological polar surface area (TPSA) is 12.0 Å². The van der Waals surface area contributed by atoms with E-state index in [0.29, 0.717) is 0 Å². The molecule has 0 saturated carbocycles. The first-order valence-electron chi connectivity index (χ1n) is 1.58. The molecular weight excluding hydrogens is 112 g/mol. The molecule has 0 spiro atoms. The molecule has 1 nitrogen and oxygen atoms in total. The van der Waals surface area contributed by atoms with Crippen LogP contribution in [0.5, 0.6) is 0 Å². The molecule has 0 radical (unpaired) electrons. The summed E-state index contributed by atoms with van der Waals surface area (Å²) < 4.78 is 0. The molecule has 0 fully saturated rings. The van der Waals surface area contributed by atoms with Gasteiger partial charge in [-0.05, 0) is 0 Å². The molecule has 0 aliphatic heterocycles. The third-order valence-corrected chi connectivity index (χ3v) is 1.33. The van der Waals surface area contributed by atoms with Gasteiger partial charge in [0.15, 0.2) is 0 Å². The Balaban J connectivity index is 3.16. The first-order chi connectivity index (χ1) is 2.77. The van der Waals surface area contributed by atoms with Crippen molar-refractivity contribution in [1.82, 2.24) is 5.32 Å². The Kier molecular flexibility index (Phi) is 4.06. The maximum atomic E-state index is 5.28. The molecule has 0 unspecified atom stereocenters. The number of rotatable bonds is 1. The molecule has 0 rings (SSSR count). The zero-order valence-electron chi connectivity index (χ0n) is 3.69. The molecule has 0 aromatic rings. The second-order valence-electron chi connectivity index (χ2n) is 0.927. The summed E-state index contributed by atoms with van der Waals surface area (Å²) in [5, 5.41) is 2.91. The van der Waals surface area contributed by atoms with Gasteiger partial charge in [0.1, 0.15) is 0 Å². The van der Waals surface area contributed by atoms with E-state index in [9.17, 15) is 0 Å². The fraction of sp³-hybridized carbons (Fsp3) is 1.00.